The number of amides is 1. The smallest absolute Gasteiger partial charge is 0.264 e. The summed E-state index contributed by atoms with van der Waals surface area (Å²) >= 11 is 0. The first-order valence-corrected chi connectivity index (χ1v) is 7.18. The molecule has 0 aromatic heterocycles. The van der Waals surface area contributed by atoms with E-state index in [-0.39, 0.29) is 12.5 Å². The molecule has 1 aliphatic heterocycles. The summed E-state index contributed by atoms with van der Waals surface area (Å²) in [6, 6.07) is 11.0. The number of benzene rings is 2. The monoisotopic (exact) mass is 317 g/mol. The van der Waals surface area contributed by atoms with Crippen LogP contribution >= 0.6 is 0 Å². The minimum atomic E-state index is -0.407. The highest BCUT2D eigenvalue weighted by Gasteiger charge is 2.17. The molecular weight excluding hydrogens is 301 g/mol. The van der Waals surface area contributed by atoms with Crippen LogP contribution in [0.15, 0.2) is 42.5 Å². The molecule has 0 bridgehead atoms. The van der Waals surface area contributed by atoms with E-state index in [1.54, 1.807) is 31.3 Å². The number of hydrogen-bond acceptors (Lipinski definition) is 4. The van der Waals surface area contributed by atoms with Gasteiger partial charge in [-0.05, 0) is 24.3 Å². The molecule has 0 radical (unpaired) electrons. The van der Waals surface area contributed by atoms with Crippen LogP contribution in [-0.4, -0.2) is 32.8 Å². The summed E-state index contributed by atoms with van der Waals surface area (Å²) in [5, 5.41) is 0. The lowest BCUT2D eigenvalue weighted by Gasteiger charge is -2.22. The van der Waals surface area contributed by atoms with Crippen molar-refractivity contribution in [2.75, 3.05) is 31.8 Å². The summed E-state index contributed by atoms with van der Waals surface area (Å²) < 4.78 is 29.3. The van der Waals surface area contributed by atoms with Crippen molar-refractivity contribution in [1.82, 2.24) is 0 Å². The van der Waals surface area contributed by atoms with E-state index < -0.39 is 5.82 Å². The average molecular weight is 317 g/mol. The van der Waals surface area contributed by atoms with Gasteiger partial charge in [-0.1, -0.05) is 6.07 Å². The predicted molar refractivity (Wildman–Crippen MR) is 82.7 cm³/mol. The highest BCUT2D eigenvalue weighted by Crippen LogP contribution is 2.33. The molecule has 0 N–H and O–H groups in total. The van der Waals surface area contributed by atoms with E-state index in [4.69, 9.17) is 14.2 Å². The fourth-order valence-electron chi connectivity index (χ4n) is 2.18. The van der Waals surface area contributed by atoms with Crippen LogP contribution < -0.4 is 19.1 Å². The maximum atomic E-state index is 13.1. The Kier molecular flexibility index (Phi) is 4.32. The summed E-state index contributed by atoms with van der Waals surface area (Å²) in [5.41, 5.74) is 0.669. The largest absolute Gasteiger partial charge is 0.486 e. The van der Waals surface area contributed by atoms with E-state index in [0.29, 0.717) is 36.1 Å². The molecule has 2 aromatic carbocycles. The van der Waals surface area contributed by atoms with Crippen molar-refractivity contribution >= 4 is 11.6 Å². The average Bonchev–Trinajstić information content (AvgIpc) is 2.58. The van der Waals surface area contributed by atoms with Crippen LogP contribution in [-0.2, 0) is 4.79 Å². The number of nitrogens with zero attached hydrogens (tertiary/aromatic N) is 1. The van der Waals surface area contributed by atoms with Gasteiger partial charge in [0.2, 0.25) is 0 Å². The van der Waals surface area contributed by atoms with Gasteiger partial charge in [-0.15, -0.1) is 0 Å². The van der Waals surface area contributed by atoms with Crippen molar-refractivity contribution in [3.8, 4) is 17.2 Å². The van der Waals surface area contributed by atoms with Gasteiger partial charge in [0.15, 0.2) is 18.1 Å². The molecule has 0 atom stereocenters. The molecule has 0 fully saturated rings. The van der Waals surface area contributed by atoms with Gasteiger partial charge >= 0.3 is 0 Å². The van der Waals surface area contributed by atoms with Gasteiger partial charge in [-0.25, -0.2) is 4.39 Å². The Morgan fingerprint density at radius 3 is 2.74 bits per heavy atom. The van der Waals surface area contributed by atoms with Crippen molar-refractivity contribution in [3.63, 3.8) is 0 Å². The second kappa shape index (κ2) is 6.56. The zero-order valence-corrected chi connectivity index (χ0v) is 12.6. The van der Waals surface area contributed by atoms with E-state index in [1.807, 2.05) is 0 Å². The molecule has 3 rings (SSSR count). The molecule has 1 aliphatic rings. The Balaban J connectivity index is 1.65. The fourth-order valence-corrected chi connectivity index (χ4v) is 2.18. The first-order valence-electron chi connectivity index (χ1n) is 7.18. The van der Waals surface area contributed by atoms with Gasteiger partial charge in [-0.2, -0.15) is 0 Å². The van der Waals surface area contributed by atoms with Crippen LogP contribution in [0, 0.1) is 5.82 Å². The van der Waals surface area contributed by atoms with Crippen LogP contribution in [0.25, 0.3) is 0 Å². The first-order chi connectivity index (χ1) is 11.1. The van der Waals surface area contributed by atoms with Crippen LogP contribution in [0.1, 0.15) is 0 Å². The number of fused-ring (bicyclic) bond motifs is 1. The fraction of sp³-hybridized carbons (Fsp3) is 0.235. The van der Waals surface area contributed by atoms with Crippen LogP contribution in [0.2, 0.25) is 0 Å². The third-order valence-corrected chi connectivity index (χ3v) is 3.45. The first kappa shape index (κ1) is 15.1. The second-order valence-corrected chi connectivity index (χ2v) is 5.03. The van der Waals surface area contributed by atoms with Gasteiger partial charge < -0.3 is 19.1 Å². The number of likely N-dealkylation sites (N-methyl/N-ethyl adjacent to an activating group) is 1. The zero-order chi connectivity index (χ0) is 16.2. The Morgan fingerprint density at radius 2 is 1.96 bits per heavy atom. The molecule has 5 nitrogen and oxygen atoms in total. The molecule has 1 heterocycles. The highest BCUT2D eigenvalue weighted by atomic mass is 19.1. The number of halogens is 1. The lowest BCUT2D eigenvalue weighted by atomic mass is 10.2. The summed E-state index contributed by atoms with van der Waals surface area (Å²) in [7, 11) is 1.64. The van der Waals surface area contributed by atoms with Crippen LogP contribution in [0.4, 0.5) is 10.1 Å². The Morgan fingerprint density at radius 1 is 1.17 bits per heavy atom. The van der Waals surface area contributed by atoms with E-state index in [9.17, 15) is 9.18 Å². The third-order valence-electron chi connectivity index (χ3n) is 3.45. The van der Waals surface area contributed by atoms with Crippen molar-refractivity contribution in [1.29, 1.82) is 0 Å². The third kappa shape index (κ3) is 3.53. The standard InChI is InChI=1S/C17H16FNO4/c1-19(13-5-6-15-16(10-13)22-8-7-21-15)17(20)11-23-14-4-2-3-12(18)9-14/h2-6,9-10H,7-8,11H2,1H3. The number of rotatable bonds is 4. The number of ether oxygens (including phenoxy) is 3. The second-order valence-electron chi connectivity index (χ2n) is 5.03. The maximum Gasteiger partial charge on any atom is 0.264 e. The lowest BCUT2D eigenvalue weighted by Crippen LogP contribution is -2.31. The number of carbonyl (C=O) groups is 1. The molecule has 0 saturated heterocycles. The topological polar surface area (TPSA) is 48.0 Å². The molecule has 0 spiro atoms. The summed E-state index contributed by atoms with van der Waals surface area (Å²) in [6.07, 6.45) is 0. The molecule has 0 aliphatic carbocycles. The molecule has 120 valence electrons. The zero-order valence-electron chi connectivity index (χ0n) is 12.6. The van der Waals surface area contributed by atoms with Gasteiger partial charge in [-0.3, -0.25) is 4.79 Å². The highest BCUT2D eigenvalue weighted by molar-refractivity contribution is 5.94. The van der Waals surface area contributed by atoms with Gasteiger partial charge in [0.1, 0.15) is 24.8 Å². The summed E-state index contributed by atoms with van der Waals surface area (Å²) in [5.74, 6) is 0.923. The van der Waals surface area contributed by atoms with Crippen molar-refractivity contribution in [2.45, 2.75) is 0 Å². The molecule has 0 unspecified atom stereocenters. The maximum absolute atomic E-state index is 13.1. The van der Waals surface area contributed by atoms with Gasteiger partial charge in [0, 0.05) is 24.9 Å². The number of carbonyl (C=O) groups excluding carboxylic acids is 1. The minimum Gasteiger partial charge on any atom is -0.486 e. The molecule has 0 saturated carbocycles. The Bertz CT molecular complexity index is 719. The summed E-state index contributed by atoms with van der Waals surface area (Å²) in [4.78, 5) is 13.7. The Hall–Kier alpha value is -2.76. The minimum absolute atomic E-state index is 0.186. The predicted octanol–water partition coefficient (Wildman–Crippen LogP) is 2.64. The SMILES string of the molecule is CN(C(=O)COc1cccc(F)c1)c1ccc2c(c1)OCCO2. The van der Waals surface area contributed by atoms with E-state index in [0.717, 1.165) is 0 Å². The number of anilines is 1. The van der Waals surface area contributed by atoms with Crippen molar-refractivity contribution in [3.05, 3.63) is 48.3 Å². The van der Waals surface area contributed by atoms with Gasteiger partial charge in [0.05, 0.1) is 0 Å². The summed E-state index contributed by atoms with van der Waals surface area (Å²) in [6.45, 7) is 0.813. The molecule has 23 heavy (non-hydrogen) atoms. The molecular formula is C17H16FNO4. The number of hydrogen-bond donors (Lipinski definition) is 0. The van der Waals surface area contributed by atoms with E-state index >= 15 is 0 Å². The molecule has 6 heteroatoms. The van der Waals surface area contributed by atoms with E-state index in [1.165, 1.54) is 23.1 Å². The molecule has 1 amide bonds. The normalized spacial score (nSPS) is 12.6. The van der Waals surface area contributed by atoms with Crippen LogP contribution in [0.3, 0.4) is 0 Å². The van der Waals surface area contributed by atoms with Crippen molar-refractivity contribution in [2.24, 2.45) is 0 Å². The quantitative estimate of drug-likeness (QED) is 0.870. The van der Waals surface area contributed by atoms with Gasteiger partial charge in [0.25, 0.3) is 5.91 Å². The van der Waals surface area contributed by atoms with E-state index in [2.05, 4.69) is 0 Å². The Labute approximate surface area is 133 Å². The van der Waals surface area contributed by atoms with Crippen molar-refractivity contribution < 1.29 is 23.4 Å². The molecule has 2 aromatic rings. The van der Waals surface area contributed by atoms with Crippen LogP contribution in [0.5, 0.6) is 17.2 Å². The lowest BCUT2D eigenvalue weighted by molar-refractivity contribution is -0.120.